The third kappa shape index (κ3) is 4.22. The van der Waals surface area contributed by atoms with Crippen molar-refractivity contribution in [1.82, 2.24) is 10.3 Å². The summed E-state index contributed by atoms with van der Waals surface area (Å²) in [6.45, 7) is 0. The van der Waals surface area contributed by atoms with Gasteiger partial charge in [0, 0.05) is 11.6 Å². The SMILES string of the molecule is O=C1NC(=S)N(c2ccc(Oc3ccccc3)cc2)C(=O)/C1=C/c1cnc2ccccc2c1. The highest BCUT2D eigenvalue weighted by Gasteiger charge is 2.34. The number of hydrogen-bond acceptors (Lipinski definition) is 5. The third-order valence-electron chi connectivity index (χ3n) is 5.10. The minimum atomic E-state index is -0.543. The number of pyridine rings is 1. The number of thiocarbonyl (C=S) groups is 1. The Kier molecular flexibility index (Phi) is 5.38. The lowest BCUT2D eigenvalue weighted by molar-refractivity contribution is -0.122. The van der Waals surface area contributed by atoms with Crippen molar-refractivity contribution in [2.45, 2.75) is 0 Å². The van der Waals surface area contributed by atoms with Gasteiger partial charge in [0.05, 0.1) is 11.2 Å². The number of nitrogens with zero attached hydrogens (tertiary/aromatic N) is 2. The van der Waals surface area contributed by atoms with Gasteiger partial charge < -0.3 is 4.74 Å². The molecule has 1 aliphatic rings. The number of carbonyl (C=O) groups is 2. The topological polar surface area (TPSA) is 71.5 Å². The van der Waals surface area contributed by atoms with Crippen LogP contribution in [0.15, 0.2) is 96.7 Å². The van der Waals surface area contributed by atoms with E-state index in [9.17, 15) is 9.59 Å². The molecule has 1 aliphatic heterocycles. The van der Waals surface area contributed by atoms with Crippen molar-refractivity contribution < 1.29 is 14.3 Å². The number of fused-ring (bicyclic) bond motifs is 1. The number of amides is 2. The van der Waals surface area contributed by atoms with E-state index in [1.165, 1.54) is 11.0 Å². The van der Waals surface area contributed by atoms with Gasteiger partial charge in [-0.2, -0.15) is 0 Å². The van der Waals surface area contributed by atoms with Crippen LogP contribution in [-0.4, -0.2) is 21.9 Å². The number of anilines is 1. The van der Waals surface area contributed by atoms with Crippen LogP contribution in [0.3, 0.4) is 0 Å². The van der Waals surface area contributed by atoms with Crippen molar-refractivity contribution in [2.75, 3.05) is 4.90 Å². The Morgan fingerprint density at radius 1 is 0.879 bits per heavy atom. The molecule has 0 atom stereocenters. The molecule has 0 spiro atoms. The zero-order valence-electron chi connectivity index (χ0n) is 17.3. The minimum Gasteiger partial charge on any atom is -0.457 e. The van der Waals surface area contributed by atoms with Gasteiger partial charge in [0.15, 0.2) is 5.11 Å². The van der Waals surface area contributed by atoms with Crippen LogP contribution < -0.4 is 15.0 Å². The molecule has 7 heteroatoms. The van der Waals surface area contributed by atoms with Crippen molar-refractivity contribution in [3.8, 4) is 11.5 Å². The van der Waals surface area contributed by atoms with E-state index in [1.54, 1.807) is 30.5 Å². The molecule has 6 nitrogen and oxygen atoms in total. The number of benzene rings is 3. The maximum atomic E-state index is 13.2. The highest BCUT2D eigenvalue weighted by atomic mass is 32.1. The molecule has 5 rings (SSSR count). The van der Waals surface area contributed by atoms with Crippen LogP contribution in [0.5, 0.6) is 11.5 Å². The van der Waals surface area contributed by atoms with Gasteiger partial charge in [0.1, 0.15) is 17.1 Å². The Balaban J connectivity index is 1.43. The third-order valence-corrected chi connectivity index (χ3v) is 5.38. The van der Waals surface area contributed by atoms with E-state index in [2.05, 4.69) is 10.3 Å². The summed E-state index contributed by atoms with van der Waals surface area (Å²) in [5.41, 5.74) is 1.98. The number of nitrogens with one attached hydrogen (secondary N) is 1. The summed E-state index contributed by atoms with van der Waals surface area (Å²) in [5.74, 6) is 0.269. The molecule has 3 aromatic carbocycles. The summed E-state index contributed by atoms with van der Waals surface area (Å²) in [5, 5.41) is 3.54. The van der Waals surface area contributed by atoms with Crippen molar-refractivity contribution in [1.29, 1.82) is 0 Å². The predicted molar refractivity (Wildman–Crippen MR) is 131 cm³/mol. The lowest BCUT2D eigenvalue weighted by atomic mass is 10.1. The summed E-state index contributed by atoms with van der Waals surface area (Å²) in [7, 11) is 0. The normalized spacial score (nSPS) is 15.1. The number of ether oxygens (including phenoxy) is 1. The molecule has 2 amide bonds. The van der Waals surface area contributed by atoms with Crippen molar-refractivity contribution in [2.24, 2.45) is 0 Å². The molecular formula is C26H17N3O3S. The minimum absolute atomic E-state index is 0.0229. The van der Waals surface area contributed by atoms with E-state index in [-0.39, 0.29) is 10.7 Å². The second-order valence-electron chi connectivity index (χ2n) is 7.33. The van der Waals surface area contributed by atoms with Gasteiger partial charge in [-0.1, -0.05) is 36.4 Å². The van der Waals surface area contributed by atoms with Crippen molar-refractivity contribution in [3.05, 3.63) is 102 Å². The first-order valence-electron chi connectivity index (χ1n) is 10.2. The summed E-state index contributed by atoms with van der Waals surface area (Å²) in [6, 6.07) is 25.8. The molecule has 33 heavy (non-hydrogen) atoms. The lowest BCUT2D eigenvalue weighted by Gasteiger charge is -2.29. The smallest absolute Gasteiger partial charge is 0.270 e. The van der Waals surface area contributed by atoms with Crippen LogP contribution in [0.1, 0.15) is 5.56 Å². The van der Waals surface area contributed by atoms with E-state index in [0.717, 1.165) is 10.9 Å². The number of carbonyl (C=O) groups excluding carboxylic acids is 2. The van der Waals surface area contributed by atoms with Gasteiger partial charge in [-0.3, -0.25) is 24.8 Å². The Morgan fingerprint density at radius 2 is 1.58 bits per heavy atom. The molecule has 1 N–H and O–H groups in total. The van der Waals surface area contributed by atoms with Crippen molar-refractivity contribution >= 4 is 51.8 Å². The van der Waals surface area contributed by atoms with Gasteiger partial charge in [0.25, 0.3) is 11.8 Å². The van der Waals surface area contributed by atoms with Crippen LogP contribution in [0, 0.1) is 0 Å². The highest BCUT2D eigenvalue weighted by molar-refractivity contribution is 7.80. The van der Waals surface area contributed by atoms with Crippen LogP contribution in [0.2, 0.25) is 0 Å². The van der Waals surface area contributed by atoms with E-state index < -0.39 is 11.8 Å². The number of hydrogen-bond donors (Lipinski definition) is 1. The molecule has 1 saturated heterocycles. The maximum Gasteiger partial charge on any atom is 0.270 e. The van der Waals surface area contributed by atoms with Gasteiger partial charge >= 0.3 is 0 Å². The lowest BCUT2D eigenvalue weighted by Crippen LogP contribution is -2.54. The average Bonchev–Trinajstić information content (AvgIpc) is 2.83. The number of aromatic nitrogens is 1. The van der Waals surface area contributed by atoms with Crippen LogP contribution in [-0.2, 0) is 9.59 Å². The molecular weight excluding hydrogens is 434 g/mol. The standard InChI is InChI=1S/C26H17N3O3S/c30-24-22(15-17-14-18-6-4-5-9-23(18)27-16-17)25(31)29(26(33)28-24)19-10-12-21(13-11-19)32-20-7-2-1-3-8-20/h1-16H,(H,28,30,33)/b22-15+. The van der Waals surface area contributed by atoms with Crippen LogP contribution in [0.4, 0.5) is 5.69 Å². The van der Waals surface area contributed by atoms with Crippen LogP contribution in [0.25, 0.3) is 17.0 Å². The Morgan fingerprint density at radius 3 is 2.36 bits per heavy atom. The maximum absolute atomic E-state index is 13.2. The van der Waals surface area contributed by atoms with E-state index in [1.807, 2.05) is 60.7 Å². The molecule has 0 radical (unpaired) electrons. The fraction of sp³-hybridized carbons (Fsp3) is 0. The summed E-state index contributed by atoms with van der Waals surface area (Å²) in [4.78, 5) is 31.5. The van der Waals surface area contributed by atoms with Gasteiger partial charge in [-0.25, -0.2) is 0 Å². The molecule has 160 valence electrons. The fourth-order valence-corrected chi connectivity index (χ4v) is 3.79. The summed E-state index contributed by atoms with van der Waals surface area (Å²) >= 11 is 5.28. The second kappa shape index (κ2) is 8.64. The zero-order chi connectivity index (χ0) is 22.8. The first-order chi connectivity index (χ1) is 16.1. The predicted octanol–water partition coefficient (Wildman–Crippen LogP) is 4.86. The van der Waals surface area contributed by atoms with E-state index in [4.69, 9.17) is 17.0 Å². The molecule has 1 fully saturated rings. The van der Waals surface area contributed by atoms with Crippen LogP contribution >= 0.6 is 12.2 Å². The average molecular weight is 452 g/mol. The molecule has 0 saturated carbocycles. The molecule has 2 heterocycles. The molecule has 0 aliphatic carbocycles. The van der Waals surface area contributed by atoms with E-state index >= 15 is 0 Å². The van der Waals surface area contributed by atoms with Gasteiger partial charge in [-0.05, 0) is 72.4 Å². The summed E-state index contributed by atoms with van der Waals surface area (Å²) in [6.07, 6.45) is 3.15. The first kappa shape index (κ1) is 20.5. The van der Waals surface area contributed by atoms with Crippen molar-refractivity contribution in [3.63, 3.8) is 0 Å². The molecule has 1 aromatic heterocycles. The van der Waals surface area contributed by atoms with E-state index in [0.29, 0.717) is 22.7 Å². The Hall–Kier alpha value is -4.36. The molecule has 0 unspecified atom stereocenters. The zero-order valence-corrected chi connectivity index (χ0v) is 18.1. The quantitative estimate of drug-likeness (QED) is 0.273. The Labute approximate surface area is 195 Å². The Bertz CT molecular complexity index is 1420. The highest BCUT2D eigenvalue weighted by Crippen LogP contribution is 2.27. The largest absolute Gasteiger partial charge is 0.457 e. The summed E-state index contributed by atoms with van der Waals surface area (Å²) < 4.78 is 5.80. The molecule has 0 bridgehead atoms. The second-order valence-corrected chi connectivity index (χ2v) is 7.71. The fourth-order valence-electron chi connectivity index (χ4n) is 3.51. The number of para-hydroxylation sites is 2. The van der Waals surface area contributed by atoms with Gasteiger partial charge in [0.2, 0.25) is 0 Å². The first-order valence-corrected chi connectivity index (χ1v) is 10.6. The monoisotopic (exact) mass is 451 g/mol. The van der Waals surface area contributed by atoms with Gasteiger partial charge in [-0.15, -0.1) is 0 Å². The number of rotatable bonds is 4. The molecule has 4 aromatic rings.